The minimum Gasteiger partial charge on any atom is -0.378 e. The van der Waals surface area contributed by atoms with Crippen LogP contribution in [0, 0.1) is 19.7 Å². The molecule has 30 heavy (non-hydrogen) atoms. The van der Waals surface area contributed by atoms with Gasteiger partial charge in [0.05, 0.1) is 30.3 Å². The number of aryl methyl sites for hydroxylation is 1. The molecule has 1 aliphatic rings. The number of aromatic nitrogens is 2. The van der Waals surface area contributed by atoms with Gasteiger partial charge in [0.2, 0.25) is 0 Å². The second kappa shape index (κ2) is 8.63. The van der Waals surface area contributed by atoms with Crippen LogP contribution in [0.4, 0.5) is 10.1 Å². The summed E-state index contributed by atoms with van der Waals surface area (Å²) in [6.07, 6.45) is 3.24. The molecule has 0 aliphatic carbocycles. The van der Waals surface area contributed by atoms with Crippen LogP contribution in [0.3, 0.4) is 0 Å². The average molecular weight is 405 g/mol. The Labute approximate surface area is 175 Å². The maximum Gasteiger partial charge on any atom is 0.185 e. The smallest absolute Gasteiger partial charge is 0.185 e. The SMILES string of the molecule is Cc1nn(-c2ccccc2)c(C)c1/C=C/C(=O)c1ccc(N2CCOCC2)c(F)c1. The molecule has 0 unspecified atom stereocenters. The Morgan fingerprint density at radius 1 is 1.10 bits per heavy atom. The normalized spacial score (nSPS) is 14.4. The Morgan fingerprint density at radius 3 is 2.53 bits per heavy atom. The van der Waals surface area contributed by atoms with Crippen LogP contribution in [0.25, 0.3) is 11.8 Å². The summed E-state index contributed by atoms with van der Waals surface area (Å²) in [5.74, 6) is -0.630. The van der Waals surface area contributed by atoms with Crippen molar-refractivity contribution in [3.63, 3.8) is 0 Å². The van der Waals surface area contributed by atoms with Crippen molar-refractivity contribution in [2.45, 2.75) is 13.8 Å². The summed E-state index contributed by atoms with van der Waals surface area (Å²) in [6.45, 7) is 6.33. The molecule has 0 amide bonds. The fourth-order valence-corrected chi connectivity index (χ4v) is 3.69. The van der Waals surface area contributed by atoms with E-state index in [2.05, 4.69) is 5.10 Å². The summed E-state index contributed by atoms with van der Waals surface area (Å²) < 4.78 is 21.8. The van der Waals surface area contributed by atoms with Crippen LogP contribution in [-0.2, 0) is 4.74 Å². The van der Waals surface area contributed by atoms with E-state index < -0.39 is 0 Å². The van der Waals surface area contributed by atoms with Crippen LogP contribution in [0.1, 0.15) is 27.3 Å². The number of anilines is 1. The van der Waals surface area contributed by atoms with E-state index in [0.29, 0.717) is 37.6 Å². The van der Waals surface area contributed by atoms with E-state index in [1.807, 2.05) is 53.8 Å². The highest BCUT2D eigenvalue weighted by Crippen LogP contribution is 2.23. The fraction of sp³-hybridized carbons (Fsp3) is 0.250. The molecule has 0 saturated carbocycles. The highest BCUT2D eigenvalue weighted by molar-refractivity contribution is 6.07. The maximum atomic E-state index is 14.6. The lowest BCUT2D eigenvalue weighted by atomic mass is 10.1. The third kappa shape index (κ3) is 4.04. The van der Waals surface area contributed by atoms with E-state index in [4.69, 9.17) is 4.74 Å². The van der Waals surface area contributed by atoms with Crippen molar-refractivity contribution in [1.82, 2.24) is 9.78 Å². The molecule has 0 atom stereocenters. The largest absolute Gasteiger partial charge is 0.378 e. The number of ether oxygens (including phenoxy) is 1. The van der Waals surface area contributed by atoms with Gasteiger partial charge in [0.1, 0.15) is 5.82 Å². The summed E-state index contributed by atoms with van der Waals surface area (Å²) in [6, 6.07) is 14.5. The zero-order valence-electron chi connectivity index (χ0n) is 17.1. The lowest BCUT2D eigenvalue weighted by Crippen LogP contribution is -2.36. The Balaban J connectivity index is 1.54. The number of benzene rings is 2. The topological polar surface area (TPSA) is 47.4 Å². The molecule has 0 N–H and O–H groups in total. The van der Waals surface area contributed by atoms with Crippen molar-refractivity contribution in [1.29, 1.82) is 0 Å². The number of nitrogens with zero attached hydrogens (tertiary/aromatic N) is 3. The van der Waals surface area contributed by atoms with Crippen LogP contribution in [0.5, 0.6) is 0 Å². The first kappa shape index (κ1) is 20.0. The van der Waals surface area contributed by atoms with E-state index in [1.54, 1.807) is 18.2 Å². The number of hydrogen-bond donors (Lipinski definition) is 0. The molecule has 3 aromatic rings. The number of para-hydroxylation sites is 1. The highest BCUT2D eigenvalue weighted by Gasteiger charge is 2.17. The van der Waals surface area contributed by atoms with Crippen molar-refractivity contribution >= 4 is 17.5 Å². The summed E-state index contributed by atoms with van der Waals surface area (Å²) in [5, 5.41) is 4.59. The van der Waals surface area contributed by atoms with E-state index in [1.165, 1.54) is 12.1 Å². The van der Waals surface area contributed by atoms with E-state index >= 15 is 0 Å². The van der Waals surface area contributed by atoms with Gasteiger partial charge in [0, 0.05) is 29.9 Å². The van der Waals surface area contributed by atoms with Gasteiger partial charge in [-0.15, -0.1) is 0 Å². The zero-order valence-corrected chi connectivity index (χ0v) is 17.1. The van der Waals surface area contributed by atoms with Crippen LogP contribution >= 0.6 is 0 Å². The van der Waals surface area contributed by atoms with Crippen LogP contribution in [-0.4, -0.2) is 41.9 Å². The van der Waals surface area contributed by atoms with Crippen LogP contribution < -0.4 is 4.90 Å². The molecule has 1 aliphatic heterocycles. The Kier molecular flexibility index (Phi) is 5.77. The second-order valence-corrected chi connectivity index (χ2v) is 7.30. The molecule has 1 aromatic heterocycles. The number of morpholine rings is 1. The van der Waals surface area contributed by atoms with Crippen molar-refractivity contribution in [2.75, 3.05) is 31.2 Å². The first-order valence-corrected chi connectivity index (χ1v) is 10.0. The monoisotopic (exact) mass is 405 g/mol. The standard InChI is InChI=1S/C24H24FN3O2/c1-17-21(18(2)28(26-17)20-6-4-3-5-7-20)9-11-24(29)19-8-10-23(22(25)16-19)27-12-14-30-15-13-27/h3-11,16H,12-15H2,1-2H3/b11-9+. The van der Waals surface area contributed by atoms with Gasteiger partial charge in [-0.1, -0.05) is 18.2 Å². The molecule has 0 spiro atoms. The molecule has 0 bridgehead atoms. The first-order valence-electron chi connectivity index (χ1n) is 10.0. The molecule has 2 aromatic carbocycles. The number of ketones is 1. The third-order valence-corrected chi connectivity index (χ3v) is 5.33. The van der Waals surface area contributed by atoms with Gasteiger partial charge in [-0.2, -0.15) is 5.10 Å². The van der Waals surface area contributed by atoms with E-state index in [9.17, 15) is 9.18 Å². The van der Waals surface area contributed by atoms with Gasteiger partial charge in [-0.25, -0.2) is 9.07 Å². The Morgan fingerprint density at radius 2 is 1.83 bits per heavy atom. The predicted octanol–water partition coefficient (Wildman–Crippen LogP) is 4.36. The summed E-state index contributed by atoms with van der Waals surface area (Å²) in [5.41, 5.74) is 4.45. The third-order valence-electron chi connectivity index (χ3n) is 5.33. The van der Waals surface area contributed by atoms with Gasteiger partial charge in [0.25, 0.3) is 0 Å². The van der Waals surface area contributed by atoms with Gasteiger partial charge < -0.3 is 9.64 Å². The number of halogens is 1. The summed E-state index contributed by atoms with van der Waals surface area (Å²) in [7, 11) is 0. The van der Waals surface area contributed by atoms with Crippen LogP contribution in [0.2, 0.25) is 0 Å². The molecular weight excluding hydrogens is 381 g/mol. The van der Waals surface area contributed by atoms with Gasteiger partial charge in [-0.05, 0) is 56.3 Å². The minimum absolute atomic E-state index is 0.242. The van der Waals surface area contributed by atoms with Gasteiger partial charge in [-0.3, -0.25) is 4.79 Å². The molecular formula is C24H24FN3O2. The van der Waals surface area contributed by atoms with Crippen molar-refractivity contribution in [2.24, 2.45) is 0 Å². The molecule has 0 radical (unpaired) electrons. The van der Waals surface area contributed by atoms with E-state index in [-0.39, 0.29) is 11.6 Å². The molecule has 154 valence electrons. The second-order valence-electron chi connectivity index (χ2n) is 7.30. The predicted molar refractivity (Wildman–Crippen MR) is 116 cm³/mol. The summed E-state index contributed by atoms with van der Waals surface area (Å²) in [4.78, 5) is 14.6. The van der Waals surface area contributed by atoms with Crippen molar-refractivity contribution in [3.8, 4) is 5.69 Å². The number of carbonyl (C=O) groups excluding carboxylic acids is 1. The molecule has 6 heteroatoms. The quantitative estimate of drug-likeness (QED) is 0.467. The first-order chi connectivity index (χ1) is 14.5. The summed E-state index contributed by atoms with van der Waals surface area (Å²) >= 11 is 0. The molecule has 4 rings (SSSR count). The lowest BCUT2D eigenvalue weighted by Gasteiger charge is -2.29. The Hall–Kier alpha value is -3.25. The fourth-order valence-electron chi connectivity index (χ4n) is 3.69. The van der Waals surface area contributed by atoms with Crippen molar-refractivity contribution in [3.05, 3.63) is 82.9 Å². The number of carbonyl (C=O) groups is 1. The maximum absolute atomic E-state index is 14.6. The molecule has 2 heterocycles. The van der Waals surface area contributed by atoms with E-state index in [0.717, 1.165) is 22.6 Å². The highest BCUT2D eigenvalue weighted by atomic mass is 19.1. The molecule has 1 fully saturated rings. The molecule has 5 nitrogen and oxygen atoms in total. The Bertz CT molecular complexity index is 1080. The minimum atomic E-state index is -0.389. The van der Waals surface area contributed by atoms with Crippen LogP contribution in [0.15, 0.2) is 54.6 Å². The number of hydrogen-bond acceptors (Lipinski definition) is 4. The van der Waals surface area contributed by atoms with Gasteiger partial charge in [0.15, 0.2) is 5.78 Å². The average Bonchev–Trinajstić information content (AvgIpc) is 3.06. The number of allylic oxidation sites excluding steroid dienone is 1. The lowest BCUT2D eigenvalue weighted by molar-refractivity contribution is 0.104. The zero-order chi connectivity index (χ0) is 21.1. The van der Waals surface area contributed by atoms with Gasteiger partial charge >= 0.3 is 0 Å². The number of rotatable bonds is 5. The van der Waals surface area contributed by atoms with Crippen molar-refractivity contribution < 1.29 is 13.9 Å². The molecule has 1 saturated heterocycles.